The summed E-state index contributed by atoms with van der Waals surface area (Å²) in [4.78, 5) is 0. The summed E-state index contributed by atoms with van der Waals surface area (Å²) in [6, 6.07) is 12.3. The Hall–Kier alpha value is -2.20. The smallest absolute Gasteiger partial charge is 0.123 e. The Balaban J connectivity index is 2.18. The van der Waals surface area contributed by atoms with Gasteiger partial charge in [0.1, 0.15) is 17.2 Å². The number of benzene rings is 2. The van der Waals surface area contributed by atoms with Crippen molar-refractivity contribution in [3.63, 3.8) is 0 Å². The average Bonchev–Trinajstić information content (AvgIpc) is 2.49. The van der Waals surface area contributed by atoms with Crippen molar-refractivity contribution < 1.29 is 14.9 Å². The Morgan fingerprint density at radius 3 is 2.33 bits per heavy atom. The molecule has 2 aromatic rings. The van der Waals surface area contributed by atoms with Gasteiger partial charge in [0.15, 0.2) is 0 Å². The van der Waals surface area contributed by atoms with E-state index in [1.807, 2.05) is 38.1 Å². The predicted octanol–water partition coefficient (Wildman–Crippen LogP) is 3.52. The first-order valence-corrected chi connectivity index (χ1v) is 6.93. The van der Waals surface area contributed by atoms with Crippen molar-refractivity contribution in [2.45, 2.75) is 25.9 Å². The molecule has 0 saturated carbocycles. The minimum absolute atomic E-state index is 0.0397. The normalized spacial score (nSPS) is 13.7. The number of hydrogen-bond acceptors (Lipinski definition) is 4. The second-order valence-corrected chi connectivity index (χ2v) is 5.10. The molecule has 0 amide bonds. The van der Waals surface area contributed by atoms with E-state index in [4.69, 9.17) is 4.74 Å². The lowest BCUT2D eigenvalue weighted by Gasteiger charge is -2.23. The highest BCUT2D eigenvalue weighted by Gasteiger charge is 2.17. The van der Waals surface area contributed by atoms with E-state index in [1.54, 1.807) is 13.2 Å². The van der Waals surface area contributed by atoms with Crippen LogP contribution in [0, 0.1) is 0 Å². The number of aromatic hydroxyl groups is 2. The molecule has 0 spiro atoms. The summed E-state index contributed by atoms with van der Waals surface area (Å²) in [5.74, 6) is 1.13. The van der Waals surface area contributed by atoms with E-state index < -0.39 is 0 Å². The molecule has 4 heteroatoms. The topological polar surface area (TPSA) is 61.7 Å². The molecule has 0 aliphatic carbocycles. The van der Waals surface area contributed by atoms with Crippen LogP contribution in [-0.2, 0) is 0 Å². The third-order valence-corrected chi connectivity index (χ3v) is 3.58. The minimum atomic E-state index is -0.114. The van der Waals surface area contributed by atoms with E-state index in [-0.39, 0.29) is 23.6 Å². The molecule has 0 radical (unpaired) electrons. The van der Waals surface area contributed by atoms with Gasteiger partial charge in [-0.3, -0.25) is 0 Å². The molecule has 0 aliphatic heterocycles. The first kappa shape index (κ1) is 15.2. The first-order valence-electron chi connectivity index (χ1n) is 6.93. The quantitative estimate of drug-likeness (QED) is 0.736. The number of ether oxygens (including phenoxy) is 1. The maximum absolute atomic E-state index is 9.91. The molecule has 2 atom stereocenters. The number of para-hydroxylation sites is 1. The molecule has 0 heterocycles. The van der Waals surface area contributed by atoms with Crippen LogP contribution >= 0.6 is 0 Å². The molecule has 21 heavy (non-hydrogen) atoms. The molecule has 3 N–H and O–H groups in total. The Labute approximate surface area is 125 Å². The van der Waals surface area contributed by atoms with Crippen LogP contribution in [0.3, 0.4) is 0 Å². The minimum Gasteiger partial charge on any atom is -0.508 e. The van der Waals surface area contributed by atoms with Crippen molar-refractivity contribution in [1.82, 2.24) is 5.32 Å². The van der Waals surface area contributed by atoms with Crippen LogP contribution in [-0.4, -0.2) is 17.3 Å². The molecule has 4 nitrogen and oxygen atoms in total. The second kappa shape index (κ2) is 6.50. The number of nitrogens with one attached hydrogen (secondary N) is 1. The molecule has 2 aromatic carbocycles. The SMILES string of the molecule is COc1ccccc1[C@@H](C)NC(C)c1cc(O)ccc1O. The van der Waals surface area contributed by atoms with Gasteiger partial charge < -0.3 is 20.3 Å². The fraction of sp³-hybridized carbons (Fsp3) is 0.294. The van der Waals surface area contributed by atoms with E-state index in [0.29, 0.717) is 5.56 Å². The summed E-state index contributed by atoms with van der Waals surface area (Å²) in [6.45, 7) is 3.98. The van der Waals surface area contributed by atoms with Gasteiger partial charge in [-0.2, -0.15) is 0 Å². The second-order valence-electron chi connectivity index (χ2n) is 5.10. The van der Waals surface area contributed by atoms with Crippen molar-refractivity contribution in [1.29, 1.82) is 0 Å². The summed E-state index contributed by atoms with van der Waals surface area (Å²) in [5, 5.41) is 22.9. The van der Waals surface area contributed by atoms with Crippen LogP contribution in [0.2, 0.25) is 0 Å². The van der Waals surface area contributed by atoms with E-state index in [0.717, 1.165) is 11.3 Å². The molecule has 0 fully saturated rings. The van der Waals surface area contributed by atoms with Gasteiger partial charge in [-0.15, -0.1) is 0 Å². The lowest BCUT2D eigenvalue weighted by Crippen LogP contribution is -2.23. The molecule has 112 valence electrons. The van der Waals surface area contributed by atoms with Crippen molar-refractivity contribution >= 4 is 0 Å². The highest BCUT2D eigenvalue weighted by molar-refractivity contribution is 5.41. The Kier molecular flexibility index (Phi) is 4.70. The molecule has 0 aromatic heterocycles. The number of phenols is 2. The highest BCUT2D eigenvalue weighted by atomic mass is 16.5. The Bertz CT molecular complexity index is 613. The van der Waals surface area contributed by atoms with Crippen molar-refractivity contribution in [3.8, 4) is 17.2 Å². The van der Waals surface area contributed by atoms with Crippen LogP contribution in [0.1, 0.15) is 37.1 Å². The van der Waals surface area contributed by atoms with Gasteiger partial charge in [0.2, 0.25) is 0 Å². The van der Waals surface area contributed by atoms with Crippen LogP contribution in [0.15, 0.2) is 42.5 Å². The molecule has 2 rings (SSSR count). The molecule has 0 bridgehead atoms. The molecule has 0 saturated heterocycles. The van der Waals surface area contributed by atoms with Gasteiger partial charge in [-0.05, 0) is 38.1 Å². The van der Waals surface area contributed by atoms with E-state index in [9.17, 15) is 10.2 Å². The van der Waals surface area contributed by atoms with Crippen LogP contribution in [0.5, 0.6) is 17.2 Å². The third kappa shape index (κ3) is 3.47. The number of phenolic OH excluding ortho intramolecular Hbond substituents is 2. The third-order valence-electron chi connectivity index (χ3n) is 3.58. The van der Waals surface area contributed by atoms with E-state index in [1.165, 1.54) is 12.1 Å². The van der Waals surface area contributed by atoms with Crippen molar-refractivity contribution in [2.24, 2.45) is 0 Å². The van der Waals surface area contributed by atoms with Gasteiger partial charge in [0.25, 0.3) is 0 Å². The Morgan fingerprint density at radius 2 is 1.62 bits per heavy atom. The molecular formula is C17H21NO3. The van der Waals surface area contributed by atoms with Gasteiger partial charge >= 0.3 is 0 Å². The van der Waals surface area contributed by atoms with Crippen LogP contribution in [0.4, 0.5) is 0 Å². The summed E-state index contributed by atoms with van der Waals surface area (Å²) >= 11 is 0. The predicted molar refractivity (Wildman–Crippen MR) is 82.7 cm³/mol. The zero-order chi connectivity index (χ0) is 15.4. The molecule has 0 aliphatic rings. The van der Waals surface area contributed by atoms with Crippen molar-refractivity contribution in [2.75, 3.05) is 7.11 Å². The highest BCUT2D eigenvalue weighted by Crippen LogP contribution is 2.31. The lowest BCUT2D eigenvalue weighted by molar-refractivity contribution is 0.393. The maximum atomic E-state index is 9.91. The number of rotatable bonds is 5. The fourth-order valence-electron chi connectivity index (χ4n) is 2.47. The summed E-state index contributed by atoms with van der Waals surface area (Å²) in [5.41, 5.74) is 1.71. The summed E-state index contributed by atoms with van der Waals surface area (Å²) in [7, 11) is 1.65. The van der Waals surface area contributed by atoms with Crippen LogP contribution < -0.4 is 10.1 Å². The van der Waals surface area contributed by atoms with Gasteiger partial charge in [-0.1, -0.05) is 18.2 Å². The first-order chi connectivity index (χ1) is 10.0. The maximum Gasteiger partial charge on any atom is 0.123 e. The molecule has 1 unspecified atom stereocenters. The summed E-state index contributed by atoms with van der Waals surface area (Å²) < 4.78 is 5.37. The average molecular weight is 287 g/mol. The Morgan fingerprint density at radius 1 is 0.952 bits per heavy atom. The lowest BCUT2D eigenvalue weighted by atomic mass is 10.0. The molecular weight excluding hydrogens is 266 g/mol. The number of hydrogen-bond donors (Lipinski definition) is 3. The van der Waals surface area contributed by atoms with Crippen LogP contribution in [0.25, 0.3) is 0 Å². The van der Waals surface area contributed by atoms with Crippen molar-refractivity contribution in [3.05, 3.63) is 53.6 Å². The van der Waals surface area contributed by atoms with E-state index >= 15 is 0 Å². The number of methoxy groups -OCH3 is 1. The van der Waals surface area contributed by atoms with Gasteiger partial charge in [0, 0.05) is 23.2 Å². The van der Waals surface area contributed by atoms with Gasteiger partial charge in [-0.25, -0.2) is 0 Å². The van der Waals surface area contributed by atoms with E-state index in [2.05, 4.69) is 5.32 Å². The standard InChI is InChI=1S/C17H21NO3/c1-11(14-6-4-5-7-17(14)21-3)18-12(2)15-10-13(19)8-9-16(15)20/h4-12,18-20H,1-3H3/t11-,12?/m1/s1. The largest absolute Gasteiger partial charge is 0.508 e. The monoisotopic (exact) mass is 287 g/mol. The zero-order valence-corrected chi connectivity index (χ0v) is 12.5. The summed E-state index contributed by atoms with van der Waals surface area (Å²) in [6.07, 6.45) is 0. The fourth-order valence-corrected chi connectivity index (χ4v) is 2.47. The zero-order valence-electron chi connectivity index (χ0n) is 12.5. The van der Waals surface area contributed by atoms with Gasteiger partial charge in [0.05, 0.1) is 7.11 Å².